The monoisotopic (exact) mass is 261 g/mol. The van der Waals surface area contributed by atoms with Gasteiger partial charge in [-0.05, 0) is 37.8 Å². The maximum Gasteiger partial charge on any atom is 0.126 e. The van der Waals surface area contributed by atoms with Gasteiger partial charge in [-0.1, -0.05) is 38.1 Å². The zero-order chi connectivity index (χ0) is 14.1. The molecule has 0 saturated heterocycles. The second kappa shape index (κ2) is 8.76. The van der Waals surface area contributed by atoms with Crippen LogP contribution in [0.4, 0.5) is 0 Å². The molecule has 1 rings (SSSR count). The van der Waals surface area contributed by atoms with E-state index in [0.717, 1.165) is 38.3 Å². The van der Waals surface area contributed by atoms with Crippen LogP contribution in [0.5, 0.6) is 5.75 Å². The van der Waals surface area contributed by atoms with Gasteiger partial charge in [0.25, 0.3) is 0 Å². The zero-order valence-electron chi connectivity index (χ0n) is 12.5. The molecular weight excluding hydrogens is 234 g/mol. The first-order valence-electron chi connectivity index (χ1n) is 7.18. The highest BCUT2D eigenvalue weighted by Crippen LogP contribution is 2.23. The summed E-state index contributed by atoms with van der Waals surface area (Å²) in [5, 5.41) is 3.47. The van der Waals surface area contributed by atoms with Crippen molar-refractivity contribution in [3.05, 3.63) is 42.0 Å². The molecule has 0 saturated carbocycles. The molecule has 1 N–H and O–H groups in total. The molecule has 0 fully saturated rings. The molecule has 106 valence electrons. The summed E-state index contributed by atoms with van der Waals surface area (Å²) >= 11 is 0. The molecule has 0 heterocycles. The van der Waals surface area contributed by atoms with E-state index in [1.165, 1.54) is 11.1 Å². The van der Waals surface area contributed by atoms with E-state index in [4.69, 9.17) is 4.74 Å². The maximum atomic E-state index is 5.94. The lowest BCUT2D eigenvalue weighted by Gasteiger charge is -2.15. The summed E-state index contributed by atoms with van der Waals surface area (Å²) in [4.78, 5) is 0. The van der Waals surface area contributed by atoms with Crippen LogP contribution in [0.2, 0.25) is 0 Å². The molecule has 1 aromatic carbocycles. The number of rotatable bonds is 9. The Balaban J connectivity index is 2.58. The first-order chi connectivity index (χ1) is 9.15. The van der Waals surface area contributed by atoms with E-state index in [2.05, 4.69) is 50.9 Å². The largest absolute Gasteiger partial charge is 0.493 e. The van der Waals surface area contributed by atoms with Crippen molar-refractivity contribution in [1.82, 2.24) is 5.32 Å². The predicted molar refractivity (Wildman–Crippen MR) is 82.6 cm³/mol. The third-order valence-corrected chi connectivity index (χ3v) is 2.96. The highest BCUT2D eigenvalue weighted by Gasteiger charge is 2.06. The molecule has 0 unspecified atom stereocenters. The fourth-order valence-corrected chi connectivity index (χ4v) is 1.96. The average molecular weight is 261 g/mol. The highest BCUT2D eigenvalue weighted by atomic mass is 16.5. The number of aryl methyl sites for hydroxylation is 1. The van der Waals surface area contributed by atoms with Crippen LogP contribution in [0.25, 0.3) is 0 Å². The summed E-state index contributed by atoms with van der Waals surface area (Å²) in [7, 11) is 0. The van der Waals surface area contributed by atoms with Crippen LogP contribution in [0.3, 0.4) is 0 Å². The van der Waals surface area contributed by atoms with Gasteiger partial charge in [0.05, 0.1) is 6.61 Å². The van der Waals surface area contributed by atoms with Gasteiger partial charge in [0.2, 0.25) is 0 Å². The molecule has 0 amide bonds. The van der Waals surface area contributed by atoms with Crippen LogP contribution >= 0.6 is 0 Å². The smallest absolute Gasteiger partial charge is 0.126 e. The molecule has 0 aliphatic rings. The standard InChI is InChI=1S/C17H27NO/c1-5-6-7-11-19-17-15(4)9-8-10-16(17)13-18-12-14(2)3/h5,8-10,14,18H,1,6-7,11-13H2,2-4H3. The Bertz CT molecular complexity index is 385. The summed E-state index contributed by atoms with van der Waals surface area (Å²) in [6, 6.07) is 6.34. The minimum absolute atomic E-state index is 0.668. The van der Waals surface area contributed by atoms with Gasteiger partial charge in [-0.3, -0.25) is 0 Å². The van der Waals surface area contributed by atoms with E-state index in [1.54, 1.807) is 0 Å². The van der Waals surface area contributed by atoms with Crippen LogP contribution in [0.15, 0.2) is 30.9 Å². The van der Waals surface area contributed by atoms with Crippen molar-refractivity contribution in [3.8, 4) is 5.75 Å². The van der Waals surface area contributed by atoms with Crippen LogP contribution < -0.4 is 10.1 Å². The zero-order valence-corrected chi connectivity index (χ0v) is 12.5. The molecule has 0 spiro atoms. The fraction of sp³-hybridized carbons (Fsp3) is 0.529. The first kappa shape index (κ1) is 15.8. The molecule has 0 atom stereocenters. The molecule has 0 bridgehead atoms. The van der Waals surface area contributed by atoms with E-state index in [9.17, 15) is 0 Å². The molecule has 0 radical (unpaired) electrons. The number of ether oxygens (including phenoxy) is 1. The minimum atomic E-state index is 0.668. The van der Waals surface area contributed by atoms with Gasteiger partial charge in [-0.15, -0.1) is 6.58 Å². The van der Waals surface area contributed by atoms with Crippen LogP contribution in [-0.2, 0) is 6.54 Å². The summed E-state index contributed by atoms with van der Waals surface area (Å²) in [6.07, 6.45) is 3.97. The summed E-state index contributed by atoms with van der Waals surface area (Å²) in [6.45, 7) is 12.9. The van der Waals surface area contributed by atoms with Gasteiger partial charge < -0.3 is 10.1 Å². The van der Waals surface area contributed by atoms with Gasteiger partial charge in [-0.2, -0.15) is 0 Å². The maximum absolute atomic E-state index is 5.94. The van der Waals surface area contributed by atoms with Crippen LogP contribution in [-0.4, -0.2) is 13.2 Å². The first-order valence-corrected chi connectivity index (χ1v) is 7.18. The Kier molecular flexibility index (Phi) is 7.27. The number of para-hydroxylation sites is 1. The van der Waals surface area contributed by atoms with Gasteiger partial charge >= 0.3 is 0 Å². The van der Waals surface area contributed by atoms with Crippen molar-refractivity contribution in [2.24, 2.45) is 5.92 Å². The van der Waals surface area contributed by atoms with Crippen molar-refractivity contribution in [2.45, 2.75) is 40.2 Å². The Morgan fingerprint density at radius 3 is 2.84 bits per heavy atom. The Labute approximate surface area is 117 Å². The molecule has 0 aliphatic carbocycles. The topological polar surface area (TPSA) is 21.3 Å². The van der Waals surface area contributed by atoms with E-state index in [-0.39, 0.29) is 0 Å². The molecular formula is C17H27NO. The number of allylic oxidation sites excluding steroid dienone is 1. The third-order valence-electron chi connectivity index (χ3n) is 2.96. The van der Waals surface area contributed by atoms with Crippen molar-refractivity contribution in [2.75, 3.05) is 13.2 Å². The molecule has 2 nitrogen and oxygen atoms in total. The van der Waals surface area contributed by atoms with E-state index >= 15 is 0 Å². The second-order valence-corrected chi connectivity index (χ2v) is 5.37. The van der Waals surface area contributed by atoms with Crippen molar-refractivity contribution in [1.29, 1.82) is 0 Å². The van der Waals surface area contributed by atoms with Crippen LogP contribution in [0, 0.1) is 12.8 Å². The van der Waals surface area contributed by atoms with Crippen molar-refractivity contribution in [3.63, 3.8) is 0 Å². The number of hydrogen-bond acceptors (Lipinski definition) is 2. The lowest BCUT2D eigenvalue weighted by Crippen LogP contribution is -2.19. The second-order valence-electron chi connectivity index (χ2n) is 5.37. The van der Waals surface area contributed by atoms with E-state index in [0.29, 0.717) is 5.92 Å². The normalized spacial score (nSPS) is 10.7. The van der Waals surface area contributed by atoms with Crippen molar-refractivity contribution >= 4 is 0 Å². The molecule has 19 heavy (non-hydrogen) atoms. The summed E-state index contributed by atoms with van der Waals surface area (Å²) in [5.41, 5.74) is 2.46. The van der Waals surface area contributed by atoms with E-state index in [1.807, 2.05) is 6.08 Å². The number of nitrogens with one attached hydrogen (secondary N) is 1. The van der Waals surface area contributed by atoms with Gasteiger partial charge in [0, 0.05) is 12.1 Å². The van der Waals surface area contributed by atoms with Gasteiger partial charge in [-0.25, -0.2) is 0 Å². The van der Waals surface area contributed by atoms with Gasteiger partial charge in [0.15, 0.2) is 0 Å². The lowest BCUT2D eigenvalue weighted by atomic mass is 10.1. The molecule has 2 heteroatoms. The Hall–Kier alpha value is -1.28. The predicted octanol–water partition coefficient (Wildman–Crippen LogP) is 4.09. The highest BCUT2D eigenvalue weighted by molar-refractivity contribution is 5.40. The minimum Gasteiger partial charge on any atom is -0.493 e. The summed E-state index contributed by atoms with van der Waals surface area (Å²) < 4.78 is 5.94. The van der Waals surface area contributed by atoms with Crippen LogP contribution in [0.1, 0.15) is 37.8 Å². The Morgan fingerprint density at radius 1 is 1.37 bits per heavy atom. The number of hydrogen-bond donors (Lipinski definition) is 1. The number of unbranched alkanes of at least 4 members (excludes halogenated alkanes) is 1. The molecule has 0 aromatic heterocycles. The van der Waals surface area contributed by atoms with E-state index < -0.39 is 0 Å². The van der Waals surface area contributed by atoms with Gasteiger partial charge in [0.1, 0.15) is 5.75 Å². The third kappa shape index (κ3) is 5.93. The Morgan fingerprint density at radius 2 is 2.16 bits per heavy atom. The quantitative estimate of drug-likeness (QED) is 0.534. The molecule has 1 aromatic rings. The summed E-state index contributed by atoms with van der Waals surface area (Å²) in [5.74, 6) is 1.71. The van der Waals surface area contributed by atoms with Crippen molar-refractivity contribution < 1.29 is 4.74 Å². The molecule has 0 aliphatic heterocycles. The average Bonchev–Trinajstić information content (AvgIpc) is 2.36. The SMILES string of the molecule is C=CCCCOc1c(C)cccc1CNCC(C)C. The number of benzene rings is 1. The fourth-order valence-electron chi connectivity index (χ4n) is 1.96. The lowest BCUT2D eigenvalue weighted by molar-refractivity contribution is 0.306.